The Labute approximate surface area is 121 Å². The van der Waals surface area contributed by atoms with Crippen molar-refractivity contribution in [3.8, 4) is 0 Å². The van der Waals surface area contributed by atoms with Crippen LogP contribution in [0.4, 0.5) is 0 Å². The summed E-state index contributed by atoms with van der Waals surface area (Å²) < 4.78 is 5.71. The summed E-state index contributed by atoms with van der Waals surface area (Å²) in [6.45, 7) is 6.39. The number of carboxylic acids is 1. The molecule has 1 fully saturated rings. The first-order valence-electron chi connectivity index (χ1n) is 6.49. The van der Waals surface area contributed by atoms with Gasteiger partial charge in [0.1, 0.15) is 5.76 Å². The highest BCUT2D eigenvalue weighted by atomic mass is 32.2. The van der Waals surface area contributed by atoms with E-state index in [-0.39, 0.29) is 15.3 Å². The smallest absolute Gasteiger partial charge is 0.372 e. The molecule has 1 aliphatic heterocycles. The lowest BCUT2D eigenvalue weighted by atomic mass is 9.76. The highest BCUT2D eigenvalue weighted by Crippen LogP contribution is 2.62. The number of carbonyl (C=O) groups is 1. The van der Waals surface area contributed by atoms with Gasteiger partial charge in [-0.2, -0.15) is 0 Å². The summed E-state index contributed by atoms with van der Waals surface area (Å²) in [6, 6.07) is 0. The molecule has 1 aromatic rings. The van der Waals surface area contributed by atoms with Crippen molar-refractivity contribution in [1.82, 2.24) is 0 Å². The molecule has 5 heteroatoms. The number of hydrogen-bond acceptors (Lipinski definition) is 4. The third kappa shape index (κ3) is 2.02. The molecular formula is C14H18O3S2. The van der Waals surface area contributed by atoms with E-state index < -0.39 is 5.97 Å². The molecule has 0 unspecified atom stereocenters. The van der Waals surface area contributed by atoms with Crippen molar-refractivity contribution in [2.24, 2.45) is 5.41 Å². The van der Waals surface area contributed by atoms with Gasteiger partial charge in [0.2, 0.25) is 5.76 Å². The largest absolute Gasteiger partial charge is 0.475 e. The van der Waals surface area contributed by atoms with Crippen LogP contribution < -0.4 is 0 Å². The van der Waals surface area contributed by atoms with Crippen molar-refractivity contribution in [1.29, 1.82) is 0 Å². The maximum absolute atomic E-state index is 11.3. The molecule has 2 aliphatic rings. The molecular weight excluding hydrogens is 280 g/mol. The van der Waals surface area contributed by atoms with Gasteiger partial charge in [-0.05, 0) is 18.8 Å². The van der Waals surface area contributed by atoms with Gasteiger partial charge in [0.05, 0.1) is 4.08 Å². The van der Waals surface area contributed by atoms with Crippen LogP contribution in [0.25, 0.3) is 0 Å². The zero-order valence-corrected chi connectivity index (χ0v) is 13.0. The highest BCUT2D eigenvalue weighted by Gasteiger charge is 2.50. The van der Waals surface area contributed by atoms with E-state index in [0.29, 0.717) is 0 Å². The monoisotopic (exact) mass is 298 g/mol. The summed E-state index contributed by atoms with van der Waals surface area (Å²) in [7, 11) is 0. The first kappa shape index (κ1) is 13.4. The Morgan fingerprint density at radius 3 is 2.53 bits per heavy atom. The Morgan fingerprint density at radius 2 is 1.95 bits per heavy atom. The van der Waals surface area contributed by atoms with Crippen LogP contribution in [-0.4, -0.2) is 22.6 Å². The summed E-state index contributed by atoms with van der Waals surface area (Å²) in [5.74, 6) is 2.34. The van der Waals surface area contributed by atoms with Crippen LogP contribution in [0.1, 0.15) is 47.7 Å². The fourth-order valence-corrected chi connectivity index (χ4v) is 7.28. The molecule has 3 rings (SSSR count). The van der Waals surface area contributed by atoms with Gasteiger partial charge in [0.25, 0.3) is 0 Å². The number of hydrogen-bond donors (Lipinski definition) is 1. The molecule has 0 aromatic carbocycles. The average molecular weight is 298 g/mol. The SMILES string of the molecule is Cc1c(C(=O)O)oc2c1C1(CC(C)(C)C2)SCCS1. The Morgan fingerprint density at radius 1 is 1.32 bits per heavy atom. The van der Waals surface area contributed by atoms with Gasteiger partial charge in [-0.1, -0.05) is 13.8 Å². The Balaban J connectivity index is 2.19. The average Bonchev–Trinajstić information content (AvgIpc) is 2.83. The summed E-state index contributed by atoms with van der Waals surface area (Å²) in [5.41, 5.74) is 2.16. The number of carboxylic acid groups (broad SMARTS) is 1. The van der Waals surface area contributed by atoms with E-state index in [1.54, 1.807) is 0 Å². The van der Waals surface area contributed by atoms with E-state index in [1.807, 2.05) is 30.4 Å². The normalized spacial score (nSPS) is 23.5. The minimum Gasteiger partial charge on any atom is -0.475 e. The minimum absolute atomic E-state index is 0.0123. The molecule has 0 radical (unpaired) electrons. The van der Waals surface area contributed by atoms with Crippen LogP contribution in [0.3, 0.4) is 0 Å². The number of rotatable bonds is 1. The van der Waals surface area contributed by atoms with Crippen LogP contribution in [0.5, 0.6) is 0 Å². The molecule has 1 aromatic heterocycles. The van der Waals surface area contributed by atoms with Gasteiger partial charge in [-0.3, -0.25) is 0 Å². The standard InChI is InChI=1S/C14H18O3S2/c1-8-10-9(17-11(8)12(15)16)6-13(2,3)7-14(10)18-4-5-19-14/h4-7H2,1-3H3,(H,15,16). The highest BCUT2D eigenvalue weighted by molar-refractivity contribution is 8.20. The quantitative estimate of drug-likeness (QED) is 0.852. The zero-order chi connectivity index (χ0) is 13.8. The van der Waals surface area contributed by atoms with Crippen LogP contribution >= 0.6 is 23.5 Å². The molecule has 1 saturated heterocycles. The predicted octanol–water partition coefficient (Wildman–Crippen LogP) is 3.89. The van der Waals surface area contributed by atoms with E-state index in [2.05, 4.69) is 13.8 Å². The predicted molar refractivity (Wildman–Crippen MR) is 79.1 cm³/mol. The Bertz CT molecular complexity index is 539. The van der Waals surface area contributed by atoms with Gasteiger partial charge in [-0.25, -0.2) is 4.79 Å². The van der Waals surface area contributed by atoms with Crippen LogP contribution in [0.2, 0.25) is 0 Å². The maximum atomic E-state index is 11.3. The molecule has 0 bridgehead atoms. The molecule has 1 spiro atoms. The molecule has 0 atom stereocenters. The van der Waals surface area contributed by atoms with Crippen molar-refractivity contribution < 1.29 is 14.3 Å². The van der Waals surface area contributed by atoms with Crippen molar-refractivity contribution in [3.63, 3.8) is 0 Å². The second kappa shape index (κ2) is 4.22. The Hall–Kier alpha value is -0.550. The first-order valence-corrected chi connectivity index (χ1v) is 8.46. The van der Waals surface area contributed by atoms with E-state index in [1.165, 1.54) is 0 Å². The van der Waals surface area contributed by atoms with Crippen LogP contribution in [0, 0.1) is 12.3 Å². The van der Waals surface area contributed by atoms with E-state index >= 15 is 0 Å². The second-order valence-corrected chi connectivity index (χ2v) is 9.17. The maximum Gasteiger partial charge on any atom is 0.372 e. The Kier molecular flexibility index (Phi) is 2.98. The molecule has 0 saturated carbocycles. The molecule has 1 N–H and O–H groups in total. The summed E-state index contributed by atoms with van der Waals surface area (Å²) >= 11 is 3.92. The van der Waals surface area contributed by atoms with Crippen molar-refractivity contribution >= 4 is 29.5 Å². The third-order valence-corrected chi connectivity index (χ3v) is 7.31. The fraction of sp³-hybridized carbons (Fsp3) is 0.643. The molecule has 1 aliphatic carbocycles. The molecule has 3 nitrogen and oxygen atoms in total. The zero-order valence-electron chi connectivity index (χ0n) is 11.4. The number of aromatic carboxylic acids is 1. The van der Waals surface area contributed by atoms with Gasteiger partial charge < -0.3 is 9.52 Å². The van der Waals surface area contributed by atoms with Gasteiger partial charge in [0, 0.05) is 29.1 Å². The summed E-state index contributed by atoms with van der Waals surface area (Å²) in [6.07, 6.45) is 1.92. The number of thioether (sulfide) groups is 2. The molecule has 19 heavy (non-hydrogen) atoms. The summed E-state index contributed by atoms with van der Waals surface area (Å²) in [5, 5.41) is 9.27. The fourth-order valence-electron chi connectivity index (χ4n) is 3.32. The van der Waals surface area contributed by atoms with Crippen molar-refractivity contribution in [3.05, 3.63) is 22.6 Å². The third-order valence-electron chi connectivity index (χ3n) is 3.90. The lowest BCUT2D eigenvalue weighted by Crippen LogP contribution is -2.33. The lowest BCUT2D eigenvalue weighted by molar-refractivity contribution is 0.0657. The minimum atomic E-state index is -0.951. The lowest BCUT2D eigenvalue weighted by Gasteiger charge is -2.41. The van der Waals surface area contributed by atoms with Gasteiger partial charge in [-0.15, -0.1) is 23.5 Å². The second-order valence-electron chi connectivity index (χ2n) is 6.13. The first-order chi connectivity index (χ1) is 8.85. The molecule has 104 valence electrons. The van der Waals surface area contributed by atoms with Crippen LogP contribution in [-0.2, 0) is 10.5 Å². The van der Waals surface area contributed by atoms with E-state index in [9.17, 15) is 9.90 Å². The molecule has 2 heterocycles. The number of furan rings is 1. The number of fused-ring (bicyclic) bond motifs is 2. The van der Waals surface area contributed by atoms with Crippen molar-refractivity contribution in [2.45, 2.75) is 37.7 Å². The van der Waals surface area contributed by atoms with Crippen LogP contribution in [0.15, 0.2) is 4.42 Å². The van der Waals surface area contributed by atoms with E-state index in [0.717, 1.165) is 41.2 Å². The summed E-state index contributed by atoms with van der Waals surface area (Å²) in [4.78, 5) is 11.3. The van der Waals surface area contributed by atoms with E-state index in [4.69, 9.17) is 4.42 Å². The topological polar surface area (TPSA) is 50.4 Å². The van der Waals surface area contributed by atoms with Gasteiger partial charge >= 0.3 is 5.97 Å². The van der Waals surface area contributed by atoms with Crippen molar-refractivity contribution in [2.75, 3.05) is 11.5 Å². The van der Waals surface area contributed by atoms with Gasteiger partial charge in [0.15, 0.2) is 0 Å². The molecule has 0 amide bonds.